The summed E-state index contributed by atoms with van der Waals surface area (Å²) in [6, 6.07) is 9.60. The number of nitro groups is 1. The van der Waals surface area contributed by atoms with Crippen LogP contribution in [0, 0.1) is 10.1 Å². The minimum Gasteiger partial charge on any atom is -0.493 e. The molecule has 4 rings (SSSR count). The summed E-state index contributed by atoms with van der Waals surface area (Å²) in [5.41, 5.74) is 2.26. The summed E-state index contributed by atoms with van der Waals surface area (Å²) in [6.07, 6.45) is 4.46. The van der Waals surface area contributed by atoms with Crippen LogP contribution in [-0.4, -0.2) is 54.2 Å². The van der Waals surface area contributed by atoms with Crippen LogP contribution in [0.3, 0.4) is 0 Å². The first-order valence-corrected chi connectivity index (χ1v) is 11.6. The Labute approximate surface area is 194 Å². The van der Waals surface area contributed by atoms with Gasteiger partial charge in [-0.3, -0.25) is 10.1 Å². The largest absolute Gasteiger partial charge is 0.493 e. The van der Waals surface area contributed by atoms with Crippen molar-refractivity contribution in [2.45, 2.75) is 51.6 Å². The van der Waals surface area contributed by atoms with E-state index in [4.69, 9.17) is 14.5 Å². The summed E-state index contributed by atoms with van der Waals surface area (Å²) in [7, 11) is 3.20. The maximum Gasteiger partial charge on any atom is 0.271 e. The minimum atomic E-state index is -0.387. The van der Waals surface area contributed by atoms with Crippen molar-refractivity contribution in [1.82, 2.24) is 9.88 Å². The number of anilines is 1. The van der Waals surface area contributed by atoms with E-state index in [0.29, 0.717) is 34.6 Å². The van der Waals surface area contributed by atoms with Crippen LogP contribution in [0.5, 0.6) is 11.5 Å². The zero-order valence-electron chi connectivity index (χ0n) is 19.8. The molecule has 0 spiro atoms. The Bertz CT molecular complexity index is 1150. The van der Waals surface area contributed by atoms with E-state index in [9.17, 15) is 10.1 Å². The Morgan fingerprint density at radius 1 is 1.00 bits per heavy atom. The van der Waals surface area contributed by atoms with Crippen molar-refractivity contribution in [2.75, 3.05) is 32.6 Å². The van der Waals surface area contributed by atoms with E-state index in [0.717, 1.165) is 55.2 Å². The molecule has 3 aromatic rings. The van der Waals surface area contributed by atoms with Gasteiger partial charge in [-0.1, -0.05) is 13.8 Å². The number of hydrogen-bond acceptors (Lipinski definition) is 7. The van der Waals surface area contributed by atoms with Gasteiger partial charge in [0.2, 0.25) is 0 Å². The molecule has 2 aromatic carbocycles. The average Bonchev–Trinajstić information content (AvgIpc) is 2.84. The van der Waals surface area contributed by atoms with Crippen LogP contribution in [0.2, 0.25) is 0 Å². The smallest absolute Gasteiger partial charge is 0.271 e. The van der Waals surface area contributed by atoms with Crippen LogP contribution in [-0.2, 0) is 0 Å². The highest BCUT2D eigenvalue weighted by atomic mass is 16.6. The Kier molecular flexibility index (Phi) is 6.83. The highest BCUT2D eigenvalue weighted by Crippen LogP contribution is 2.40. The van der Waals surface area contributed by atoms with Gasteiger partial charge < -0.3 is 19.7 Å². The fourth-order valence-electron chi connectivity index (χ4n) is 5.06. The number of ether oxygens (including phenoxy) is 2. The van der Waals surface area contributed by atoms with Crippen LogP contribution < -0.4 is 14.8 Å². The summed E-state index contributed by atoms with van der Waals surface area (Å²) in [6.45, 7) is 6.62. The summed E-state index contributed by atoms with van der Waals surface area (Å²) >= 11 is 0. The normalized spacial score (nSPS) is 18.6. The summed E-state index contributed by atoms with van der Waals surface area (Å²) in [5, 5.41) is 16.9. The number of nitro benzene ring substituents is 1. The van der Waals surface area contributed by atoms with Crippen molar-refractivity contribution in [3.8, 4) is 11.5 Å². The summed E-state index contributed by atoms with van der Waals surface area (Å²) in [4.78, 5) is 18.2. The number of benzene rings is 2. The lowest BCUT2D eigenvalue weighted by Crippen LogP contribution is -2.40. The molecule has 1 aliphatic rings. The Hall–Kier alpha value is -3.13. The van der Waals surface area contributed by atoms with Gasteiger partial charge in [0.15, 0.2) is 11.5 Å². The van der Waals surface area contributed by atoms with Gasteiger partial charge in [0, 0.05) is 41.1 Å². The minimum absolute atomic E-state index is 0.0282. The molecular weight excluding hydrogens is 420 g/mol. The van der Waals surface area contributed by atoms with E-state index in [2.05, 4.69) is 24.1 Å². The molecule has 8 nitrogen and oxygen atoms in total. The summed E-state index contributed by atoms with van der Waals surface area (Å²) in [5.74, 6) is 1.20. The molecule has 176 valence electrons. The number of fused-ring (bicyclic) bond motifs is 2. The molecule has 33 heavy (non-hydrogen) atoms. The molecule has 0 unspecified atom stereocenters. The fourth-order valence-corrected chi connectivity index (χ4v) is 5.06. The topological polar surface area (TPSA) is 89.8 Å². The van der Waals surface area contributed by atoms with Crippen molar-refractivity contribution in [3.63, 3.8) is 0 Å². The van der Waals surface area contributed by atoms with Crippen molar-refractivity contribution in [2.24, 2.45) is 0 Å². The van der Waals surface area contributed by atoms with Crippen molar-refractivity contribution in [3.05, 3.63) is 40.4 Å². The van der Waals surface area contributed by atoms with E-state index in [1.807, 2.05) is 12.1 Å². The number of methoxy groups -OCH3 is 2. The molecule has 1 aromatic heterocycles. The van der Waals surface area contributed by atoms with E-state index < -0.39 is 0 Å². The SMILES string of the molecule is CCN(CC)C1CCC(Nc2c3ccc([N+](=O)[O-])cc3nc3cc(OC)c(OC)cc23)CC1. The summed E-state index contributed by atoms with van der Waals surface area (Å²) < 4.78 is 11.0. The third kappa shape index (κ3) is 4.53. The highest BCUT2D eigenvalue weighted by Gasteiger charge is 2.26. The maximum atomic E-state index is 11.4. The van der Waals surface area contributed by atoms with Crippen LogP contribution in [0.15, 0.2) is 30.3 Å². The van der Waals surface area contributed by atoms with E-state index >= 15 is 0 Å². The number of nitrogens with one attached hydrogen (secondary N) is 1. The highest BCUT2D eigenvalue weighted by molar-refractivity contribution is 6.08. The second-order valence-electron chi connectivity index (χ2n) is 8.54. The lowest BCUT2D eigenvalue weighted by Gasteiger charge is -2.36. The van der Waals surface area contributed by atoms with Gasteiger partial charge in [-0.25, -0.2) is 4.98 Å². The standard InChI is InChI=1S/C25H32N4O4/c1-5-28(6-2)17-9-7-16(8-10-17)26-25-19-12-11-18(29(30)31)13-21(19)27-22-15-24(33-4)23(32-3)14-20(22)25/h11-17H,5-10H2,1-4H3,(H,26,27). The number of hydrogen-bond donors (Lipinski definition) is 1. The van der Waals surface area contributed by atoms with Crippen LogP contribution in [0.4, 0.5) is 11.4 Å². The van der Waals surface area contributed by atoms with Gasteiger partial charge >= 0.3 is 0 Å². The Morgan fingerprint density at radius 3 is 2.24 bits per heavy atom. The zero-order chi connectivity index (χ0) is 23.5. The molecule has 1 fully saturated rings. The zero-order valence-corrected chi connectivity index (χ0v) is 19.8. The number of aromatic nitrogens is 1. The Morgan fingerprint density at radius 2 is 1.64 bits per heavy atom. The monoisotopic (exact) mass is 452 g/mol. The van der Waals surface area contributed by atoms with Crippen molar-refractivity contribution >= 4 is 33.2 Å². The van der Waals surface area contributed by atoms with Gasteiger partial charge in [-0.15, -0.1) is 0 Å². The molecule has 8 heteroatoms. The predicted octanol–water partition coefficient (Wildman–Crippen LogP) is 5.38. The van der Waals surface area contributed by atoms with Gasteiger partial charge in [0.1, 0.15) is 0 Å². The molecule has 0 saturated heterocycles. The first-order valence-electron chi connectivity index (χ1n) is 11.6. The van der Waals surface area contributed by atoms with Crippen molar-refractivity contribution in [1.29, 1.82) is 0 Å². The van der Waals surface area contributed by atoms with Crippen LogP contribution in [0.25, 0.3) is 21.8 Å². The first-order chi connectivity index (χ1) is 16.0. The molecule has 1 saturated carbocycles. The first kappa shape index (κ1) is 23.0. The molecule has 0 radical (unpaired) electrons. The van der Waals surface area contributed by atoms with Gasteiger partial charge in [0.25, 0.3) is 5.69 Å². The molecule has 1 heterocycles. The molecule has 0 amide bonds. The van der Waals surface area contributed by atoms with Gasteiger partial charge in [-0.05, 0) is 50.9 Å². The number of non-ortho nitro benzene ring substituents is 1. The fraction of sp³-hybridized carbons (Fsp3) is 0.480. The third-order valence-electron chi connectivity index (χ3n) is 6.85. The number of rotatable bonds is 8. The van der Waals surface area contributed by atoms with Crippen molar-refractivity contribution < 1.29 is 14.4 Å². The van der Waals surface area contributed by atoms with Crippen LogP contribution >= 0.6 is 0 Å². The molecular formula is C25H32N4O4. The van der Waals surface area contributed by atoms with E-state index in [1.165, 1.54) is 6.07 Å². The van der Waals surface area contributed by atoms with Gasteiger partial charge in [-0.2, -0.15) is 0 Å². The van der Waals surface area contributed by atoms with Gasteiger partial charge in [0.05, 0.1) is 35.9 Å². The molecule has 0 aliphatic heterocycles. The van der Waals surface area contributed by atoms with E-state index in [1.54, 1.807) is 26.4 Å². The predicted molar refractivity (Wildman–Crippen MR) is 132 cm³/mol. The quantitative estimate of drug-likeness (QED) is 0.279. The second-order valence-corrected chi connectivity index (χ2v) is 8.54. The molecule has 1 aliphatic carbocycles. The van der Waals surface area contributed by atoms with E-state index in [-0.39, 0.29) is 10.6 Å². The lowest BCUT2D eigenvalue weighted by molar-refractivity contribution is -0.384. The molecule has 1 N–H and O–H groups in total. The Balaban J connectivity index is 1.76. The molecule has 0 bridgehead atoms. The third-order valence-corrected chi connectivity index (χ3v) is 6.85. The maximum absolute atomic E-state index is 11.4. The lowest BCUT2D eigenvalue weighted by atomic mass is 9.89. The number of nitrogens with zero attached hydrogens (tertiary/aromatic N) is 3. The average molecular weight is 453 g/mol. The van der Waals surface area contributed by atoms with Crippen LogP contribution in [0.1, 0.15) is 39.5 Å². The second kappa shape index (κ2) is 9.79. The molecule has 0 atom stereocenters. The number of pyridine rings is 1.